The number of halogens is 4. The molecule has 0 saturated carbocycles. The van der Waals surface area contributed by atoms with Gasteiger partial charge in [0.15, 0.2) is 0 Å². The van der Waals surface area contributed by atoms with Crippen LogP contribution in [0.4, 0.5) is 28.9 Å². The molecule has 0 amide bonds. The molecule has 1 aliphatic heterocycles. The van der Waals surface area contributed by atoms with Crippen molar-refractivity contribution in [1.29, 1.82) is 5.26 Å². The Morgan fingerprint density at radius 2 is 2.08 bits per heavy atom. The topological polar surface area (TPSA) is 78.5 Å². The van der Waals surface area contributed by atoms with E-state index in [-0.39, 0.29) is 17.8 Å². The van der Waals surface area contributed by atoms with Crippen molar-refractivity contribution in [3.8, 4) is 6.07 Å². The van der Waals surface area contributed by atoms with Crippen LogP contribution in [-0.4, -0.2) is 60.2 Å². The van der Waals surface area contributed by atoms with Gasteiger partial charge in [0.25, 0.3) is 0 Å². The molecule has 11 heteroatoms. The third-order valence-corrected chi connectivity index (χ3v) is 3.43. The lowest BCUT2D eigenvalue weighted by atomic mass is 10.1. The van der Waals surface area contributed by atoms with Gasteiger partial charge < -0.3 is 14.9 Å². The Kier molecular flexibility index (Phi) is 5.36. The van der Waals surface area contributed by atoms with Crippen LogP contribution in [0.5, 0.6) is 0 Å². The predicted octanol–water partition coefficient (Wildman–Crippen LogP) is 2.21. The molecule has 1 heterocycles. The summed E-state index contributed by atoms with van der Waals surface area (Å²) in [7, 11) is 3.34. The zero-order valence-electron chi connectivity index (χ0n) is 14.2. The van der Waals surface area contributed by atoms with E-state index in [9.17, 15) is 22.7 Å². The third kappa shape index (κ3) is 3.70. The summed E-state index contributed by atoms with van der Waals surface area (Å²) < 4.78 is 53.6. The quantitative estimate of drug-likeness (QED) is 0.498. The first-order chi connectivity index (χ1) is 12.1. The maximum Gasteiger partial charge on any atom is 0.451 e. The summed E-state index contributed by atoms with van der Waals surface area (Å²) in [5, 5.41) is 23.1. The molecule has 26 heavy (non-hydrogen) atoms. The molecule has 0 radical (unpaired) electrons. The average Bonchev–Trinajstić information content (AvgIpc) is 2.89. The Morgan fingerprint density at radius 1 is 1.42 bits per heavy atom. The molecule has 1 aliphatic rings. The molecule has 1 unspecified atom stereocenters. The minimum atomic E-state index is -4.82. The summed E-state index contributed by atoms with van der Waals surface area (Å²) in [6, 6.07) is 3.66. The van der Waals surface area contributed by atoms with Gasteiger partial charge in [-0.05, 0) is 19.1 Å². The van der Waals surface area contributed by atoms with Crippen LogP contribution >= 0.6 is 0 Å². The molecule has 1 aromatic carbocycles. The van der Waals surface area contributed by atoms with E-state index in [1.165, 1.54) is 13.3 Å². The monoisotopic (exact) mass is 372 g/mol. The van der Waals surface area contributed by atoms with E-state index in [1.807, 2.05) is 0 Å². The van der Waals surface area contributed by atoms with E-state index in [4.69, 9.17) is 5.26 Å². The number of nitriles is 1. The Bertz CT molecular complexity index is 784. The van der Waals surface area contributed by atoms with Crippen LogP contribution < -0.4 is 5.01 Å². The van der Waals surface area contributed by atoms with Gasteiger partial charge in [-0.25, -0.2) is 14.4 Å². The molecule has 0 aliphatic carbocycles. The van der Waals surface area contributed by atoms with E-state index in [0.717, 1.165) is 12.1 Å². The number of aliphatic imine (C=N–C) groups is 1. The van der Waals surface area contributed by atoms with Crippen LogP contribution in [0.25, 0.3) is 0 Å². The molecule has 0 bridgehead atoms. The van der Waals surface area contributed by atoms with Crippen molar-refractivity contribution in [2.45, 2.75) is 19.5 Å². The molecule has 0 aromatic heterocycles. The molecular formula is C15H16F4N6O. The molecule has 140 valence electrons. The number of alkyl halides is 3. The number of aliphatic hydroxyl groups is 1. The number of aliphatic hydroxyl groups excluding tert-OH is 1. The van der Waals surface area contributed by atoms with Crippen molar-refractivity contribution in [2.75, 3.05) is 25.6 Å². The second-order valence-electron chi connectivity index (χ2n) is 5.54. The molecule has 0 fully saturated rings. The van der Waals surface area contributed by atoms with Crippen molar-refractivity contribution in [3.63, 3.8) is 0 Å². The van der Waals surface area contributed by atoms with Gasteiger partial charge >= 0.3 is 6.18 Å². The number of benzene rings is 1. The maximum atomic E-state index is 14.4. The van der Waals surface area contributed by atoms with E-state index in [1.54, 1.807) is 25.1 Å². The van der Waals surface area contributed by atoms with Gasteiger partial charge in [-0.2, -0.15) is 18.4 Å². The lowest BCUT2D eigenvalue weighted by molar-refractivity contribution is -0.0741. The standard InChI is InChI=1S/C15H16F4N6O/c1-4-24-13(15(17,18)19)22-25(14(24)26)12-6-11(21-8-23(2)3)9(7-20)5-10(12)16/h5-6,8,14,26H,4H2,1-3H3. The lowest BCUT2D eigenvalue weighted by Crippen LogP contribution is -2.46. The third-order valence-electron chi connectivity index (χ3n) is 3.43. The molecule has 1 aromatic rings. The van der Waals surface area contributed by atoms with Gasteiger partial charge in [-0.3, -0.25) is 0 Å². The second kappa shape index (κ2) is 7.17. The Labute approximate surface area is 147 Å². The highest BCUT2D eigenvalue weighted by Crippen LogP contribution is 2.35. The van der Waals surface area contributed by atoms with E-state index in [2.05, 4.69) is 10.1 Å². The number of hydrazone groups is 1. The molecule has 0 saturated heterocycles. The first-order valence-electron chi connectivity index (χ1n) is 7.44. The van der Waals surface area contributed by atoms with Crippen LogP contribution in [0.2, 0.25) is 0 Å². The highest BCUT2D eigenvalue weighted by Gasteiger charge is 2.48. The molecule has 1 atom stereocenters. The number of nitrogens with zero attached hydrogens (tertiary/aromatic N) is 6. The summed E-state index contributed by atoms with van der Waals surface area (Å²) in [5.74, 6) is -2.35. The average molecular weight is 372 g/mol. The fourth-order valence-electron chi connectivity index (χ4n) is 2.26. The zero-order chi connectivity index (χ0) is 19.6. The fourth-order valence-corrected chi connectivity index (χ4v) is 2.26. The van der Waals surface area contributed by atoms with Gasteiger partial charge in [0, 0.05) is 20.6 Å². The first-order valence-corrected chi connectivity index (χ1v) is 7.44. The second-order valence-corrected chi connectivity index (χ2v) is 5.54. The van der Waals surface area contributed by atoms with E-state index in [0.29, 0.717) is 9.91 Å². The van der Waals surface area contributed by atoms with Gasteiger partial charge in [-0.15, -0.1) is 5.10 Å². The summed E-state index contributed by atoms with van der Waals surface area (Å²) in [6.45, 7) is 1.20. The van der Waals surface area contributed by atoms with Gasteiger partial charge in [0.2, 0.25) is 12.2 Å². The van der Waals surface area contributed by atoms with Crippen LogP contribution in [-0.2, 0) is 0 Å². The number of amidine groups is 1. The summed E-state index contributed by atoms with van der Waals surface area (Å²) in [6.07, 6.45) is -5.31. The zero-order valence-corrected chi connectivity index (χ0v) is 14.2. The predicted molar refractivity (Wildman–Crippen MR) is 87.3 cm³/mol. The summed E-state index contributed by atoms with van der Waals surface area (Å²) in [4.78, 5) is 6.15. The Hall–Kier alpha value is -2.87. The van der Waals surface area contributed by atoms with Crippen molar-refractivity contribution in [1.82, 2.24) is 9.80 Å². The van der Waals surface area contributed by atoms with Crippen molar-refractivity contribution < 1.29 is 22.7 Å². The van der Waals surface area contributed by atoms with Crippen LogP contribution in [0.3, 0.4) is 0 Å². The smallest absolute Gasteiger partial charge is 0.369 e. The van der Waals surface area contributed by atoms with Crippen molar-refractivity contribution in [3.05, 3.63) is 23.5 Å². The Balaban J connectivity index is 2.56. The van der Waals surface area contributed by atoms with Crippen LogP contribution in [0.15, 0.2) is 22.2 Å². The minimum Gasteiger partial charge on any atom is -0.369 e. The first kappa shape index (κ1) is 19.5. The van der Waals surface area contributed by atoms with Crippen LogP contribution in [0, 0.1) is 17.1 Å². The molecule has 1 N–H and O–H groups in total. The Morgan fingerprint density at radius 3 is 2.54 bits per heavy atom. The number of hydrogen-bond acceptors (Lipinski definition) is 6. The van der Waals surface area contributed by atoms with Gasteiger partial charge in [-0.1, -0.05) is 0 Å². The maximum absolute atomic E-state index is 14.4. The van der Waals surface area contributed by atoms with Crippen molar-refractivity contribution >= 4 is 23.5 Å². The highest BCUT2D eigenvalue weighted by atomic mass is 19.4. The number of rotatable bonds is 4. The van der Waals surface area contributed by atoms with E-state index < -0.39 is 29.9 Å². The molecule has 0 spiro atoms. The fraction of sp³-hybridized carbons (Fsp3) is 0.400. The SMILES string of the molecule is CCN1C(C(F)(F)F)=NN(c2cc(N=CN(C)C)c(C#N)cc2F)C1O. The van der Waals surface area contributed by atoms with E-state index >= 15 is 0 Å². The summed E-state index contributed by atoms with van der Waals surface area (Å²) >= 11 is 0. The normalized spacial score (nSPS) is 17.7. The molecular weight excluding hydrogens is 356 g/mol. The number of anilines is 1. The lowest BCUT2D eigenvalue weighted by Gasteiger charge is -2.26. The van der Waals surface area contributed by atoms with Gasteiger partial charge in [0.1, 0.15) is 17.6 Å². The largest absolute Gasteiger partial charge is 0.451 e. The van der Waals surface area contributed by atoms with Gasteiger partial charge in [0.05, 0.1) is 17.6 Å². The molecule has 2 rings (SSSR count). The minimum absolute atomic E-state index is 0.0310. The van der Waals surface area contributed by atoms with Crippen molar-refractivity contribution in [2.24, 2.45) is 10.1 Å². The van der Waals surface area contributed by atoms with Crippen LogP contribution in [0.1, 0.15) is 12.5 Å². The summed E-state index contributed by atoms with van der Waals surface area (Å²) in [5.41, 5.74) is -0.506. The highest BCUT2D eigenvalue weighted by molar-refractivity contribution is 5.91. The molecule has 7 nitrogen and oxygen atoms in total. The number of hydrogen-bond donors (Lipinski definition) is 1.